The molecular weight excluding hydrogens is 334 g/mol. The Kier molecular flexibility index (Phi) is 4.42. The average molecular weight is 347 g/mol. The number of halogens is 2. The summed E-state index contributed by atoms with van der Waals surface area (Å²) in [7, 11) is 0. The van der Waals surface area contributed by atoms with E-state index in [1.54, 1.807) is 13.0 Å². The first-order valence-corrected chi connectivity index (χ1v) is 7.06. The summed E-state index contributed by atoms with van der Waals surface area (Å²) in [6, 6.07) is 1.22. The summed E-state index contributed by atoms with van der Waals surface area (Å²) in [5, 5.41) is 5.53. The molecule has 7 heteroatoms. The van der Waals surface area contributed by atoms with Crippen molar-refractivity contribution < 1.29 is 9.59 Å². The van der Waals surface area contributed by atoms with Gasteiger partial charge >= 0.3 is 0 Å². The zero-order valence-corrected chi connectivity index (χ0v) is 12.6. The molecule has 102 valence electrons. The first kappa shape index (κ1) is 14.3. The van der Waals surface area contributed by atoms with Gasteiger partial charge in [0.25, 0.3) is 5.91 Å². The van der Waals surface area contributed by atoms with E-state index in [1.165, 1.54) is 6.20 Å². The molecule has 0 aliphatic heterocycles. The Morgan fingerprint density at radius 1 is 1.53 bits per heavy atom. The number of carbonyl (C=O) groups excluding carboxylic acids is 2. The summed E-state index contributed by atoms with van der Waals surface area (Å²) in [5.74, 6) is -0.604. The van der Waals surface area contributed by atoms with Crippen LogP contribution in [0.2, 0.25) is 5.15 Å². The molecular formula is C12H13BrClN3O2. The van der Waals surface area contributed by atoms with Crippen LogP contribution in [0.4, 0.5) is 0 Å². The van der Waals surface area contributed by atoms with Crippen LogP contribution in [0.15, 0.2) is 16.7 Å². The SMILES string of the molecule is CC(NC(=O)c1cc(Br)cnc1Cl)C(=O)NC1CC1. The molecule has 1 aromatic rings. The quantitative estimate of drug-likeness (QED) is 0.818. The van der Waals surface area contributed by atoms with Crippen molar-refractivity contribution in [1.82, 2.24) is 15.6 Å². The molecule has 0 spiro atoms. The Bertz CT molecular complexity index is 520. The molecule has 0 aromatic carbocycles. The first-order valence-electron chi connectivity index (χ1n) is 5.89. The van der Waals surface area contributed by atoms with Crippen LogP contribution in [0.1, 0.15) is 30.1 Å². The summed E-state index contributed by atoms with van der Waals surface area (Å²) in [4.78, 5) is 27.6. The molecule has 1 fully saturated rings. The topological polar surface area (TPSA) is 71.1 Å². The van der Waals surface area contributed by atoms with Gasteiger partial charge in [0.15, 0.2) is 0 Å². The Hall–Kier alpha value is -1.14. The van der Waals surface area contributed by atoms with Crippen LogP contribution in [0.5, 0.6) is 0 Å². The minimum absolute atomic E-state index is 0.107. The number of nitrogens with zero attached hydrogens (tertiary/aromatic N) is 1. The fourth-order valence-electron chi connectivity index (χ4n) is 1.48. The zero-order chi connectivity index (χ0) is 14.0. The van der Waals surface area contributed by atoms with Gasteiger partial charge in [-0.05, 0) is 41.8 Å². The second kappa shape index (κ2) is 5.88. The fraction of sp³-hybridized carbons (Fsp3) is 0.417. The van der Waals surface area contributed by atoms with Crippen LogP contribution in [0, 0.1) is 0 Å². The molecule has 2 N–H and O–H groups in total. The summed E-state index contributed by atoms with van der Waals surface area (Å²) >= 11 is 9.08. The van der Waals surface area contributed by atoms with E-state index < -0.39 is 11.9 Å². The van der Waals surface area contributed by atoms with Gasteiger partial charge in [-0.15, -0.1) is 0 Å². The number of amides is 2. The van der Waals surface area contributed by atoms with Gasteiger partial charge in [0.1, 0.15) is 11.2 Å². The van der Waals surface area contributed by atoms with Gasteiger partial charge in [0.05, 0.1) is 5.56 Å². The van der Waals surface area contributed by atoms with E-state index in [4.69, 9.17) is 11.6 Å². The van der Waals surface area contributed by atoms with E-state index in [0.29, 0.717) is 4.47 Å². The normalized spacial score (nSPS) is 15.7. The molecule has 2 rings (SSSR count). The largest absolute Gasteiger partial charge is 0.352 e. The Labute approximate surface area is 124 Å². The van der Waals surface area contributed by atoms with Crippen LogP contribution in [-0.2, 0) is 4.79 Å². The lowest BCUT2D eigenvalue weighted by Gasteiger charge is -2.14. The highest BCUT2D eigenvalue weighted by atomic mass is 79.9. The van der Waals surface area contributed by atoms with Gasteiger partial charge in [0.2, 0.25) is 5.91 Å². The smallest absolute Gasteiger partial charge is 0.255 e. The van der Waals surface area contributed by atoms with Gasteiger partial charge in [-0.1, -0.05) is 11.6 Å². The van der Waals surface area contributed by atoms with Crippen molar-refractivity contribution in [1.29, 1.82) is 0 Å². The number of rotatable bonds is 4. The summed E-state index contributed by atoms with van der Waals surface area (Å²) in [5.41, 5.74) is 0.238. The van der Waals surface area contributed by atoms with Crippen molar-refractivity contribution in [2.24, 2.45) is 0 Å². The molecule has 0 bridgehead atoms. The number of hydrogen-bond donors (Lipinski definition) is 2. The molecule has 1 unspecified atom stereocenters. The van der Waals surface area contributed by atoms with E-state index in [9.17, 15) is 9.59 Å². The van der Waals surface area contributed by atoms with Crippen LogP contribution in [0.3, 0.4) is 0 Å². The highest BCUT2D eigenvalue weighted by molar-refractivity contribution is 9.10. The third kappa shape index (κ3) is 3.91. The number of pyridine rings is 1. The summed E-state index contributed by atoms with van der Waals surface area (Å²) in [6.07, 6.45) is 3.52. The van der Waals surface area contributed by atoms with Crippen molar-refractivity contribution in [2.75, 3.05) is 0 Å². The predicted molar refractivity (Wildman–Crippen MR) is 75.0 cm³/mol. The lowest BCUT2D eigenvalue weighted by molar-refractivity contribution is -0.122. The van der Waals surface area contributed by atoms with E-state index in [0.717, 1.165) is 12.8 Å². The minimum atomic E-state index is -0.608. The van der Waals surface area contributed by atoms with Gasteiger partial charge in [-0.25, -0.2) is 4.98 Å². The second-order valence-electron chi connectivity index (χ2n) is 4.47. The van der Waals surface area contributed by atoms with Crippen LogP contribution in [-0.4, -0.2) is 28.9 Å². The number of aromatic nitrogens is 1. The molecule has 2 amide bonds. The lowest BCUT2D eigenvalue weighted by atomic mass is 10.2. The van der Waals surface area contributed by atoms with E-state index in [-0.39, 0.29) is 22.7 Å². The fourth-order valence-corrected chi connectivity index (χ4v) is 2.00. The Morgan fingerprint density at radius 3 is 2.84 bits per heavy atom. The standard InChI is InChI=1S/C12H13BrClN3O2/c1-6(11(18)17-8-2-3-8)16-12(19)9-4-7(13)5-15-10(9)14/h4-6,8H,2-3H2,1H3,(H,16,19)(H,17,18). The van der Waals surface area contributed by atoms with Gasteiger partial charge < -0.3 is 10.6 Å². The van der Waals surface area contributed by atoms with E-state index in [2.05, 4.69) is 31.5 Å². The maximum Gasteiger partial charge on any atom is 0.255 e. The van der Waals surface area contributed by atoms with Crippen molar-refractivity contribution in [3.8, 4) is 0 Å². The molecule has 0 saturated heterocycles. The van der Waals surface area contributed by atoms with Crippen molar-refractivity contribution in [3.63, 3.8) is 0 Å². The summed E-state index contributed by atoms with van der Waals surface area (Å²) in [6.45, 7) is 1.63. The van der Waals surface area contributed by atoms with Crippen LogP contribution in [0.25, 0.3) is 0 Å². The molecule has 1 aliphatic rings. The Balaban J connectivity index is 1.99. The molecule has 5 nitrogen and oxygen atoms in total. The number of nitrogens with one attached hydrogen (secondary N) is 2. The molecule has 19 heavy (non-hydrogen) atoms. The molecule has 1 aliphatic carbocycles. The highest BCUT2D eigenvalue weighted by Gasteiger charge is 2.26. The monoisotopic (exact) mass is 345 g/mol. The second-order valence-corrected chi connectivity index (χ2v) is 5.74. The average Bonchev–Trinajstić information content (AvgIpc) is 3.15. The van der Waals surface area contributed by atoms with Crippen molar-refractivity contribution in [2.45, 2.75) is 31.8 Å². The number of carbonyl (C=O) groups is 2. The lowest BCUT2D eigenvalue weighted by Crippen LogP contribution is -2.45. The van der Waals surface area contributed by atoms with Crippen LogP contribution < -0.4 is 10.6 Å². The van der Waals surface area contributed by atoms with E-state index >= 15 is 0 Å². The van der Waals surface area contributed by atoms with E-state index in [1.807, 2.05) is 0 Å². The molecule has 1 saturated carbocycles. The molecule has 0 radical (unpaired) electrons. The van der Waals surface area contributed by atoms with Gasteiger partial charge in [0, 0.05) is 16.7 Å². The van der Waals surface area contributed by atoms with Gasteiger partial charge in [-0.2, -0.15) is 0 Å². The maximum absolute atomic E-state index is 12.0. The van der Waals surface area contributed by atoms with Crippen LogP contribution >= 0.6 is 27.5 Å². The third-order valence-corrected chi connectivity index (χ3v) is 3.45. The predicted octanol–water partition coefficient (Wildman–Crippen LogP) is 1.89. The minimum Gasteiger partial charge on any atom is -0.352 e. The third-order valence-electron chi connectivity index (χ3n) is 2.71. The van der Waals surface area contributed by atoms with Gasteiger partial charge in [-0.3, -0.25) is 9.59 Å². The van der Waals surface area contributed by atoms with Crippen molar-refractivity contribution >= 4 is 39.3 Å². The Morgan fingerprint density at radius 2 is 2.21 bits per heavy atom. The highest BCUT2D eigenvalue weighted by Crippen LogP contribution is 2.19. The van der Waals surface area contributed by atoms with Crippen molar-refractivity contribution in [3.05, 3.63) is 27.5 Å². The first-order chi connectivity index (χ1) is 8.97. The number of hydrogen-bond acceptors (Lipinski definition) is 3. The zero-order valence-electron chi connectivity index (χ0n) is 10.2. The molecule has 1 atom stereocenters. The summed E-state index contributed by atoms with van der Waals surface area (Å²) < 4.78 is 0.650. The molecule has 1 heterocycles. The maximum atomic E-state index is 12.0. The molecule has 1 aromatic heterocycles.